The first-order valence-electron chi connectivity index (χ1n) is 1.32. The van der Waals surface area contributed by atoms with Gasteiger partial charge in [0.25, 0.3) is 0 Å². The van der Waals surface area contributed by atoms with Crippen LogP contribution < -0.4 is 41.0 Å². The van der Waals surface area contributed by atoms with Crippen molar-refractivity contribution in [3.63, 3.8) is 0 Å². The number of rotatable bonds is 1. The van der Waals surface area contributed by atoms with Crippen LogP contribution in [-0.2, 0) is 0 Å². The molecular weight excluding hydrogens is 91.0 g/mol. The molecule has 0 aliphatic rings. The second kappa shape index (κ2) is 16.9. The SMILES string of the molecule is NCCN.[Na+].[OH-]. The van der Waals surface area contributed by atoms with Crippen LogP contribution in [0.2, 0.25) is 0 Å². The Morgan fingerprint density at radius 2 is 1.17 bits per heavy atom. The van der Waals surface area contributed by atoms with Gasteiger partial charge in [-0.05, 0) is 0 Å². The summed E-state index contributed by atoms with van der Waals surface area (Å²) >= 11 is 0. The Hall–Kier alpha value is 0.880. The molecule has 4 heteroatoms. The van der Waals surface area contributed by atoms with E-state index in [1.165, 1.54) is 0 Å². The van der Waals surface area contributed by atoms with Gasteiger partial charge >= 0.3 is 29.6 Å². The fraction of sp³-hybridized carbons (Fsp3) is 1.00. The van der Waals surface area contributed by atoms with Crippen LogP contribution in [0, 0.1) is 0 Å². The summed E-state index contributed by atoms with van der Waals surface area (Å²) < 4.78 is 0. The standard InChI is InChI=1S/C2H8N2.Na.H2O/c3-1-2-4;;/h1-4H2;;1H2/q;+1;/p-1. The molecule has 0 saturated carbocycles. The molecule has 0 saturated heterocycles. The van der Waals surface area contributed by atoms with E-state index in [9.17, 15) is 0 Å². The maximum absolute atomic E-state index is 4.90. The third-order valence-electron chi connectivity index (χ3n) is 0.167. The maximum Gasteiger partial charge on any atom is 1.00 e. The molecule has 0 aromatic heterocycles. The first-order chi connectivity index (χ1) is 1.91. The summed E-state index contributed by atoms with van der Waals surface area (Å²) in [4.78, 5) is 0. The van der Waals surface area contributed by atoms with Gasteiger partial charge in [-0.25, -0.2) is 0 Å². The molecule has 0 unspecified atom stereocenters. The summed E-state index contributed by atoms with van der Waals surface area (Å²) in [7, 11) is 0. The van der Waals surface area contributed by atoms with E-state index in [0.29, 0.717) is 13.1 Å². The predicted octanol–water partition coefficient (Wildman–Crippen LogP) is -4.27. The smallest absolute Gasteiger partial charge is 0.870 e. The minimum atomic E-state index is 0. The Kier molecular flexibility index (Phi) is 44.5. The van der Waals surface area contributed by atoms with Crippen molar-refractivity contribution in [2.45, 2.75) is 0 Å². The van der Waals surface area contributed by atoms with Crippen LogP contribution in [0.15, 0.2) is 0 Å². The maximum atomic E-state index is 4.90. The number of hydrogen-bond donors (Lipinski definition) is 2. The molecular formula is C2H9N2NaO. The second-order valence-electron chi connectivity index (χ2n) is 0.577. The van der Waals surface area contributed by atoms with Crippen molar-refractivity contribution in [1.82, 2.24) is 0 Å². The molecule has 0 amide bonds. The summed E-state index contributed by atoms with van der Waals surface area (Å²) in [6.45, 7) is 1.19. The summed E-state index contributed by atoms with van der Waals surface area (Å²) in [6, 6.07) is 0. The molecule has 6 heavy (non-hydrogen) atoms. The summed E-state index contributed by atoms with van der Waals surface area (Å²) in [5, 5.41) is 0. The average Bonchev–Trinajstić information content (AvgIpc) is 1.37. The van der Waals surface area contributed by atoms with E-state index >= 15 is 0 Å². The van der Waals surface area contributed by atoms with Crippen molar-refractivity contribution < 1.29 is 35.0 Å². The first kappa shape index (κ1) is 15.8. The van der Waals surface area contributed by atoms with E-state index in [1.54, 1.807) is 0 Å². The van der Waals surface area contributed by atoms with Gasteiger partial charge in [0.1, 0.15) is 0 Å². The van der Waals surface area contributed by atoms with Gasteiger partial charge in [-0.1, -0.05) is 0 Å². The van der Waals surface area contributed by atoms with Gasteiger partial charge in [-0.15, -0.1) is 0 Å². The fourth-order valence-corrected chi connectivity index (χ4v) is 0. The normalized spacial score (nSPS) is 5.00. The van der Waals surface area contributed by atoms with Crippen LogP contribution in [-0.4, -0.2) is 18.6 Å². The van der Waals surface area contributed by atoms with Crippen molar-refractivity contribution in [2.75, 3.05) is 13.1 Å². The van der Waals surface area contributed by atoms with Gasteiger partial charge in [-0.3, -0.25) is 0 Å². The zero-order valence-corrected chi connectivity index (χ0v) is 6.02. The van der Waals surface area contributed by atoms with Crippen LogP contribution in [0.5, 0.6) is 0 Å². The zero-order valence-electron chi connectivity index (χ0n) is 4.02. The summed E-state index contributed by atoms with van der Waals surface area (Å²) in [5.74, 6) is 0. The molecule has 0 radical (unpaired) electrons. The van der Waals surface area contributed by atoms with E-state index in [0.717, 1.165) is 0 Å². The molecule has 3 nitrogen and oxygen atoms in total. The van der Waals surface area contributed by atoms with E-state index in [4.69, 9.17) is 11.5 Å². The van der Waals surface area contributed by atoms with Gasteiger partial charge < -0.3 is 16.9 Å². The second-order valence-corrected chi connectivity index (χ2v) is 0.577. The van der Waals surface area contributed by atoms with Gasteiger partial charge in [-0.2, -0.15) is 0 Å². The molecule has 34 valence electrons. The van der Waals surface area contributed by atoms with Crippen molar-refractivity contribution in [3.05, 3.63) is 0 Å². The Bertz CT molecular complexity index is 13.5. The van der Waals surface area contributed by atoms with Gasteiger partial charge in [0.2, 0.25) is 0 Å². The van der Waals surface area contributed by atoms with E-state index in [-0.39, 0.29) is 35.0 Å². The van der Waals surface area contributed by atoms with Crippen LogP contribution in [0.25, 0.3) is 0 Å². The first-order valence-corrected chi connectivity index (χ1v) is 1.32. The summed E-state index contributed by atoms with van der Waals surface area (Å²) in [5.41, 5.74) is 9.81. The van der Waals surface area contributed by atoms with Gasteiger partial charge in [0, 0.05) is 13.1 Å². The van der Waals surface area contributed by atoms with Crippen molar-refractivity contribution in [2.24, 2.45) is 11.5 Å². The Labute approximate surface area is 59.7 Å². The molecule has 0 rings (SSSR count). The molecule has 0 bridgehead atoms. The number of nitrogens with two attached hydrogens (primary N) is 2. The minimum Gasteiger partial charge on any atom is -0.870 e. The zero-order chi connectivity index (χ0) is 3.41. The van der Waals surface area contributed by atoms with Crippen LogP contribution in [0.3, 0.4) is 0 Å². The monoisotopic (exact) mass is 100 g/mol. The third-order valence-corrected chi connectivity index (χ3v) is 0.167. The minimum absolute atomic E-state index is 0. The number of hydrogen-bond acceptors (Lipinski definition) is 3. The Morgan fingerprint density at radius 3 is 1.17 bits per heavy atom. The van der Waals surface area contributed by atoms with Crippen LogP contribution in [0.1, 0.15) is 0 Å². The molecule has 0 heterocycles. The molecule has 0 spiro atoms. The molecule has 0 aromatic carbocycles. The molecule has 0 atom stereocenters. The van der Waals surface area contributed by atoms with Crippen LogP contribution >= 0.6 is 0 Å². The molecule has 0 aromatic rings. The predicted molar refractivity (Wildman–Crippen MR) is 20.0 cm³/mol. The topological polar surface area (TPSA) is 82.0 Å². The van der Waals surface area contributed by atoms with Crippen LogP contribution in [0.4, 0.5) is 0 Å². The van der Waals surface area contributed by atoms with Crippen molar-refractivity contribution in [1.29, 1.82) is 0 Å². The average molecular weight is 100 g/mol. The fourth-order valence-electron chi connectivity index (χ4n) is 0. The quantitative estimate of drug-likeness (QED) is 0.327. The van der Waals surface area contributed by atoms with E-state index in [1.807, 2.05) is 0 Å². The Balaban J connectivity index is -0.0000000450. The molecule has 5 N–H and O–H groups in total. The Morgan fingerprint density at radius 1 is 1.00 bits per heavy atom. The molecule has 0 fully saturated rings. The van der Waals surface area contributed by atoms with E-state index < -0.39 is 0 Å². The molecule has 0 aliphatic heterocycles. The van der Waals surface area contributed by atoms with Crippen molar-refractivity contribution in [3.8, 4) is 0 Å². The third kappa shape index (κ3) is 20.8. The van der Waals surface area contributed by atoms with E-state index in [2.05, 4.69) is 0 Å². The van der Waals surface area contributed by atoms with Gasteiger partial charge in [0.05, 0.1) is 0 Å². The van der Waals surface area contributed by atoms with Crippen molar-refractivity contribution >= 4 is 0 Å². The summed E-state index contributed by atoms with van der Waals surface area (Å²) in [6.07, 6.45) is 0. The van der Waals surface area contributed by atoms with Gasteiger partial charge in [0.15, 0.2) is 0 Å². The largest absolute Gasteiger partial charge is 1.00 e. The molecule has 0 aliphatic carbocycles.